The average molecular weight is 388 g/mol. The first-order chi connectivity index (χ1) is 12.9. The summed E-state index contributed by atoms with van der Waals surface area (Å²) in [6.07, 6.45) is 4.17. The van der Waals surface area contributed by atoms with E-state index >= 15 is 0 Å². The van der Waals surface area contributed by atoms with Gasteiger partial charge in [0.1, 0.15) is 0 Å². The smallest absolute Gasteiger partial charge is 0.226 e. The van der Waals surface area contributed by atoms with E-state index in [4.69, 9.17) is 18.0 Å². The van der Waals surface area contributed by atoms with E-state index in [0.29, 0.717) is 24.4 Å². The van der Waals surface area contributed by atoms with Gasteiger partial charge in [0.2, 0.25) is 5.91 Å². The highest BCUT2D eigenvalue weighted by atomic mass is 32.1. The van der Waals surface area contributed by atoms with Crippen LogP contribution in [0.3, 0.4) is 0 Å². The third-order valence-corrected chi connectivity index (χ3v) is 6.54. The monoisotopic (exact) mass is 387 g/mol. The number of benzene rings is 1. The Balaban J connectivity index is 1.65. The van der Waals surface area contributed by atoms with Crippen LogP contribution in [-0.4, -0.2) is 52.8 Å². The zero-order valence-electron chi connectivity index (χ0n) is 17.0. The van der Waals surface area contributed by atoms with E-state index in [0.717, 1.165) is 50.3 Å². The third kappa shape index (κ3) is 4.76. The molecule has 1 aliphatic heterocycles. The number of rotatable bonds is 6. The van der Waals surface area contributed by atoms with Gasteiger partial charge in [0, 0.05) is 56.0 Å². The minimum Gasteiger partial charge on any atom is -0.337 e. The summed E-state index contributed by atoms with van der Waals surface area (Å²) < 4.78 is 0. The van der Waals surface area contributed by atoms with Crippen molar-refractivity contribution in [1.29, 1.82) is 0 Å². The van der Waals surface area contributed by atoms with Crippen molar-refractivity contribution in [2.24, 2.45) is 11.7 Å². The van der Waals surface area contributed by atoms with E-state index in [1.165, 1.54) is 28.7 Å². The number of hydrogen-bond acceptors (Lipinski definition) is 4. The number of nitrogens with zero attached hydrogens (tertiary/aromatic N) is 2. The van der Waals surface area contributed by atoms with Crippen LogP contribution in [0.1, 0.15) is 48.4 Å². The Labute approximate surface area is 169 Å². The normalized spacial score (nSPS) is 21.2. The van der Waals surface area contributed by atoms with Crippen molar-refractivity contribution in [2.45, 2.75) is 59.0 Å². The van der Waals surface area contributed by atoms with Crippen LogP contribution in [0, 0.1) is 19.8 Å². The lowest BCUT2D eigenvalue weighted by atomic mass is 9.84. The van der Waals surface area contributed by atoms with Crippen LogP contribution in [0.25, 0.3) is 0 Å². The number of carbonyl (C=O) groups excluding carboxylic acids is 1. The molecule has 1 heterocycles. The van der Waals surface area contributed by atoms with Crippen LogP contribution in [0.2, 0.25) is 0 Å². The Morgan fingerprint density at radius 3 is 2.52 bits per heavy atom. The van der Waals surface area contributed by atoms with Gasteiger partial charge in [0.05, 0.1) is 0 Å². The molecule has 1 aromatic carbocycles. The van der Waals surface area contributed by atoms with Crippen molar-refractivity contribution in [2.75, 3.05) is 26.2 Å². The fraction of sp³-hybridized carbons (Fsp3) is 0.636. The molecule has 5 heteroatoms. The van der Waals surface area contributed by atoms with Crippen molar-refractivity contribution in [3.8, 4) is 0 Å². The molecule has 0 spiro atoms. The number of aryl methyl sites for hydroxylation is 1. The standard InChI is InChI=1S/C22H33N3OS/c1-15-9-19(11-21(27)12-23)17(3)20(10-15)14-24-7-8-25(16(2)13-24)22(26)18-5-4-6-18/h9-10,16,18H,4-8,11-14,23H2,1-3H3/t16-/m0/s1. The SMILES string of the molecule is Cc1cc(CC(=S)CN)c(C)c(CN2CCN(C(=O)C3CCC3)[C@@H](C)C2)c1. The summed E-state index contributed by atoms with van der Waals surface area (Å²) in [6.45, 7) is 10.7. The lowest BCUT2D eigenvalue weighted by Gasteiger charge is -2.42. The number of nitrogens with two attached hydrogens (primary N) is 1. The Morgan fingerprint density at radius 1 is 1.22 bits per heavy atom. The molecule has 148 valence electrons. The fourth-order valence-corrected chi connectivity index (χ4v) is 4.44. The van der Waals surface area contributed by atoms with Crippen molar-refractivity contribution < 1.29 is 4.79 Å². The van der Waals surface area contributed by atoms with Gasteiger partial charge in [-0.15, -0.1) is 0 Å². The van der Waals surface area contributed by atoms with Crippen molar-refractivity contribution in [3.05, 3.63) is 34.4 Å². The van der Waals surface area contributed by atoms with Gasteiger partial charge in [-0.2, -0.15) is 0 Å². The summed E-state index contributed by atoms with van der Waals surface area (Å²) in [6, 6.07) is 4.82. The Hall–Kier alpha value is -1.30. The molecular formula is C22H33N3OS. The van der Waals surface area contributed by atoms with Crippen LogP contribution >= 0.6 is 12.2 Å². The van der Waals surface area contributed by atoms with E-state index in [1.807, 2.05) is 0 Å². The molecule has 4 nitrogen and oxygen atoms in total. The van der Waals surface area contributed by atoms with Gasteiger partial charge in [-0.1, -0.05) is 36.3 Å². The molecule has 2 fully saturated rings. The highest BCUT2D eigenvalue weighted by Crippen LogP contribution is 2.30. The summed E-state index contributed by atoms with van der Waals surface area (Å²) in [5.74, 6) is 0.685. The molecule has 0 bridgehead atoms. The molecule has 2 aliphatic rings. The summed E-state index contributed by atoms with van der Waals surface area (Å²) in [7, 11) is 0. The summed E-state index contributed by atoms with van der Waals surface area (Å²) in [5.41, 5.74) is 11.0. The van der Waals surface area contributed by atoms with Crippen molar-refractivity contribution >= 4 is 23.0 Å². The van der Waals surface area contributed by atoms with E-state index < -0.39 is 0 Å². The van der Waals surface area contributed by atoms with Gasteiger partial charge >= 0.3 is 0 Å². The molecule has 0 radical (unpaired) electrons. The number of thiocarbonyl (C=S) groups is 1. The molecule has 2 N–H and O–H groups in total. The topological polar surface area (TPSA) is 49.6 Å². The predicted octanol–water partition coefficient (Wildman–Crippen LogP) is 3.01. The largest absolute Gasteiger partial charge is 0.337 e. The molecule has 27 heavy (non-hydrogen) atoms. The van der Waals surface area contributed by atoms with Gasteiger partial charge < -0.3 is 10.6 Å². The Bertz CT molecular complexity index is 714. The fourth-order valence-electron chi connectivity index (χ4n) is 4.28. The van der Waals surface area contributed by atoms with Crippen LogP contribution in [0.15, 0.2) is 12.1 Å². The maximum Gasteiger partial charge on any atom is 0.226 e. The second-order valence-corrected chi connectivity index (χ2v) is 8.95. The first kappa shape index (κ1) is 20.4. The maximum absolute atomic E-state index is 12.6. The summed E-state index contributed by atoms with van der Waals surface area (Å²) in [5, 5.41) is 0. The Kier molecular flexibility index (Phi) is 6.66. The van der Waals surface area contributed by atoms with Crippen molar-refractivity contribution in [3.63, 3.8) is 0 Å². The highest BCUT2D eigenvalue weighted by Gasteiger charge is 2.34. The van der Waals surface area contributed by atoms with Gasteiger partial charge in [-0.05, 0) is 50.3 Å². The quantitative estimate of drug-likeness (QED) is 0.763. The van der Waals surface area contributed by atoms with E-state index in [-0.39, 0.29) is 0 Å². The molecule has 3 rings (SSSR count). The van der Waals surface area contributed by atoms with Gasteiger partial charge in [0.15, 0.2) is 0 Å². The summed E-state index contributed by atoms with van der Waals surface area (Å²) in [4.78, 5) is 18.1. The van der Waals surface area contributed by atoms with Crippen LogP contribution < -0.4 is 5.73 Å². The van der Waals surface area contributed by atoms with E-state index in [1.54, 1.807) is 0 Å². The van der Waals surface area contributed by atoms with Crippen molar-refractivity contribution in [1.82, 2.24) is 9.80 Å². The summed E-state index contributed by atoms with van der Waals surface area (Å²) >= 11 is 5.36. The minimum atomic E-state index is 0.293. The Morgan fingerprint density at radius 2 is 1.93 bits per heavy atom. The first-order valence-electron chi connectivity index (χ1n) is 10.2. The molecule has 1 aliphatic carbocycles. The van der Waals surface area contributed by atoms with E-state index in [9.17, 15) is 4.79 Å². The van der Waals surface area contributed by atoms with Crippen LogP contribution in [0.5, 0.6) is 0 Å². The average Bonchev–Trinajstić information content (AvgIpc) is 2.57. The molecule has 1 atom stereocenters. The molecular weight excluding hydrogens is 354 g/mol. The van der Waals surface area contributed by atoms with E-state index in [2.05, 4.69) is 42.7 Å². The first-order valence-corrected chi connectivity index (χ1v) is 10.6. The number of carbonyl (C=O) groups is 1. The molecule has 0 aromatic heterocycles. The number of piperazine rings is 1. The minimum absolute atomic E-state index is 0.293. The third-order valence-electron chi connectivity index (χ3n) is 6.23. The lowest BCUT2D eigenvalue weighted by molar-refractivity contribution is -0.142. The number of amides is 1. The second-order valence-electron chi connectivity index (χ2n) is 8.37. The van der Waals surface area contributed by atoms with Crippen LogP contribution in [0.4, 0.5) is 0 Å². The number of hydrogen-bond donors (Lipinski definition) is 1. The van der Waals surface area contributed by atoms with Gasteiger partial charge in [0.25, 0.3) is 0 Å². The van der Waals surface area contributed by atoms with Gasteiger partial charge in [-0.3, -0.25) is 9.69 Å². The zero-order valence-corrected chi connectivity index (χ0v) is 17.8. The predicted molar refractivity (Wildman–Crippen MR) is 115 cm³/mol. The van der Waals surface area contributed by atoms with Gasteiger partial charge in [-0.25, -0.2) is 0 Å². The zero-order chi connectivity index (χ0) is 19.6. The second kappa shape index (κ2) is 8.80. The molecule has 1 saturated heterocycles. The highest BCUT2D eigenvalue weighted by molar-refractivity contribution is 7.80. The molecule has 0 unspecified atom stereocenters. The maximum atomic E-state index is 12.6. The van der Waals surface area contributed by atoms with Crippen LogP contribution in [-0.2, 0) is 17.8 Å². The lowest BCUT2D eigenvalue weighted by Crippen LogP contribution is -2.55. The molecule has 1 amide bonds. The molecule has 1 saturated carbocycles. The molecule has 1 aromatic rings.